The van der Waals surface area contributed by atoms with Crippen molar-refractivity contribution in [2.45, 2.75) is 6.42 Å². The molecule has 0 spiro atoms. The zero-order chi connectivity index (χ0) is 15.2. The van der Waals surface area contributed by atoms with Crippen molar-refractivity contribution < 1.29 is 9.66 Å². The Kier molecular flexibility index (Phi) is 11.2. The van der Waals surface area contributed by atoms with Crippen LogP contribution in [0.25, 0.3) is 0 Å². The molecule has 0 radical (unpaired) electrons. The Morgan fingerprint density at radius 3 is 2.65 bits per heavy atom. The minimum Gasteiger partial charge on any atom is -0.494 e. The van der Waals surface area contributed by atoms with Crippen molar-refractivity contribution in [3.8, 4) is 5.75 Å². The van der Waals surface area contributed by atoms with Gasteiger partial charge in [-0.2, -0.15) is 0 Å². The first-order valence-corrected chi connectivity index (χ1v) is 7.33. The molecule has 0 saturated heterocycles. The second-order valence-electron chi connectivity index (χ2n) is 3.42. The fourth-order valence-electron chi connectivity index (χ4n) is 1.26. The van der Waals surface area contributed by atoms with Crippen molar-refractivity contribution in [3.63, 3.8) is 0 Å². The third-order valence-corrected chi connectivity index (χ3v) is 2.76. The number of nitrogens with one attached hydrogen (secondary N) is 1. The number of ether oxygens (including phenoxy) is 1. The number of nitrogens with two attached hydrogens (primary N) is 1. The number of hydrogen-bond donors (Lipinski definition) is 2. The van der Waals surface area contributed by atoms with Crippen molar-refractivity contribution in [3.05, 3.63) is 51.7 Å². The predicted octanol–water partition coefficient (Wildman–Crippen LogP) is 2.06. The van der Waals surface area contributed by atoms with Crippen LogP contribution in [-0.2, 0) is 0 Å². The Hall–Kier alpha value is -1.73. The molecule has 0 bridgehead atoms. The van der Waals surface area contributed by atoms with Crippen LogP contribution in [0.3, 0.4) is 0 Å². The van der Waals surface area contributed by atoms with Crippen molar-refractivity contribution >= 4 is 11.8 Å². The van der Waals surface area contributed by atoms with E-state index < -0.39 is 4.92 Å². The lowest BCUT2D eigenvalue weighted by Gasteiger charge is -2.07. The van der Waals surface area contributed by atoms with E-state index in [1.54, 1.807) is 6.26 Å². The molecule has 0 aliphatic heterocycles. The molecule has 0 aromatic heterocycles. The highest BCUT2D eigenvalue weighted by Gasteiger charge is 2.00. The summed E-state index contributed by atoms with van der Waals surface area (Å²) < 4.78 is 5.50. The lowest BCUT2D eigenvalue weighted by atomic mass is 10.3. The number of para-hydroxylation sites is 1. The summed E-state index contributed by atoms with van der Waals surface area (Å²) in [5.74, 6) is 0.837. The van der Waals surface area contributed by atoms with Gasteiger partial charge in [-0.3, -0.25) is 10.1 Å². The SMILES string of the molecule is CN.CSC(=C[N+](=O)[O-])NCCCOc1ccccc1. The third-order valence-electron chi connectivity index (χ3n) is 2.07. The van der Waals surface area contributed by atoms with E-state index in [1.807, 2.05) is 30.3 Å². The van der Waals surface area contributed by atoms with E-state index in [9.17, 15) is 10.1 Å². The lowest BCUT2D eigenvalue weighted by Crippen LogP contribution is -2.16. The van der Waals surface area contributed by atoms with Crippen LogP contribution in [0.1, 0.15) is 6.42 Å². The molecule has 1 aromatic carbocycles. The molecule has 1 rings (SSSR count). The van der Waals surface area contributed by atoms with E-state index >= 15 is 0 Å². The monoisotopic (exact) mass is 299 g/mol. The van der Waals surface area contributed by atoms with Crippen molar-refractivity contribution in [2.75, 3.05) is 26.5 Å². The van der Waals surface area contributed by atoms with Gasteiger partial charge in [0.15, 0.2) is 0 Å². The van der Waals surface area contributed by atoms with Crippen molar-refractivity contribution in [1.29, 1.82) is 0 Å². The Morgan fingerprint density at radius 2 is 2.10 bits per heavy atom. The molecule has 0 unspecified atom stereocenters. The first-order chi connectivity index (χ1) is 9.72. The summed E-state index contributed by atoms with van der Waals surface area (Å²) in [5, 5.41) is 13.8. The summed E-state index contributed by atoms with van der Waals surface area (Å²) in [7, 11) is 1.50. The number of benzene rings is 1. The average Bonchev–Trinajstić information content (AvgIpc) is 2.48. The van der Waals surface area contributed by atoms with Crippen LogP contribution in [0.2, 0.25) is 0 Å². The summed E-state index contributed by atoms with van der Waals surface area (Å²) >= 11 is 1.32. The van der Waals surface area contributed by atoms with Crippen LogP contribution < -0.4 is 15.8 Å². The lowest BCUT2D eigenvalue weighted by molar-refractivity contribution is -0.403. The minimum absolute atomic E-state index is 0.459. The maximum Gasteiger partial charge on any atom is 0.263 e. The molecule has 0 aliphatic rings. The Bertz CT molecular complexity index is 399. The van der Waals surface area contributed by atoms with Crippen molar-refractivity contribution in [1.82, 2.24) is 5.32 Å². The van der Waals surface area contributed by atoms with Gasteiger partial charge < -0.3 is 15.8 Å². The molecule has 7 heteroatoms. The highest BCUT2D eigenvalue weighted by atomic mass is 32.2. The number of nitro groups is 1. The van der Waals surface area contributed by atoms with Gasteiger partial charge in [0.2, 0.25) is 0 Å². The van der Waals surface area contributed by atoms with Gasteiger partial charge in [-0.1, -0.05) is 18.2 Å². The number of nitrogens with zero attached hydrogens (tertiary/aromatic N) is 1. The highest BCUT2D eigenvalue weighted by molar-refractivity contribution is 8.02. The molecule has 112 valence electrons. The van der Waals surface area contributed by atoms with E-state index in [-0.39, 0.29) is 0 Å². The van der Waals surface area contributed by atoms with Crippen LogP contribution >= 0.6 is 11.8 Å². The number of thioether (sulfide) groups is 1. The summed E-state index contributed by atoms with van der Waals surface area (Å²) in [4.78, 5) is 9.83. The van der Waals surface area contributed by atoms with Crippen molar-refractivity contribution in [2.24, 2.45) is 5.73 Å². The number of hydrogen-bond acceptors (Lipinski definition) is 6. The van der Waals surface area contributed by atoms with Gasteiger partial charge in [0, 0.05) is 6.54 Å². The Labute approximate surface area is 123 Å². The first kappa shape index (κ1) is 18.3. The second-order valence-corrected chi connectivity index (χ2v) is 4.27. The molecule has 3 N–H and O–H groups in total. The zero-order valence-corrected chi connectivity index (χ0v) is 12.6. The zero-order valence-electron chi connectivity index (χ0n) is 11.7. The van der Waals surface area contributed by atoms with Crippen LogP contribution in [0, 0.1) is 10.1 Å². The normalized spacial score (nSPS) is 10.2. The van der Waals surface area contributed by atoms with E-state index in [4.69, 9.17) is 4.74 Å². The van der Waals surface area contributed by atoms with E-state index in [1.165, 1.54) is 18.8 Å². The predicted molar refractivity (Wildman–Crippen MR) is 83.3 cm³/mol. The second kappa shape index (κ2) is 12.3. The molecule has 0 aliphatic carbocycles. The summed E-state index contributed by atoms with van der Waals surface area (Å²) in [6.45, 7) is 1.23. The topological polar surface area (TPSA) is 90.4 Å². The summed E-state index contributed by atoms with van der Waals surface area (Å²) in [5.41, 5.74) is 4.50. The standard InChI is InChI=1S/C12H16N2O3S.CH5N/c1-18-12(10-14(15)16)13-8-5-9-17-11-6-3-2-4-7-11;1-2/h2-4,6-7,10,13H,5,8-9H2,1H3;2H2,1H3. The van der Waals surface area contributed by atoms with Gasteiger partial charge in [-0.15, -0.1) is 11.8 Å². The minimum atomic E-state index is -0.459. The fraction of sp³-hybridized carbons (Fsp3) is 0.385. The molecule has 0 heterocycles. The van der Waals surface area contributed by atoms with Crippen LogP contribution in [0.5, 0.6) is 5.75 Å². The summed E-state index contributed by atoms with van der Waals surface area (Å²) in [6, 6.07) is 9.56. The fourth-order valence-corrected chi connectivity index (χ4v) is 1.69. The first-order valence-electron chi connectivity index (χ1n) is 6.11. The Balaban J connectivity index is 0.00000172. The van der Waals surface area contributed by atoms with Gasteiger partial charge in [0.1, 0.15) is 10.8 Å². The summed E-state index contributed by atoms with van der Waals surface area (Å²) in [6.07, 6.45) is 3.55. The molecular weight excluding hydrogens is 278 g/mol. The van der Waals surface area contributed by atoms with Gasteiger partial charge in [-0.05, 0) is 31.9 Å². The maximum atomic E-state index is 10.3. The third kappa shape index (κ3) is 9.23. The van der Waals surface area contributed by atoms with E-state index in [0.717, 1.165) is 18.4 Å². The van der Waals surface area contributed by atoms with E-state index in [0.29, 0.717) is 18.2 Å². The van der Waals surface area contributed by atoms with Gasteiger partial charge in [0.05, 0.1) is 11.5 Å². The van der Waals surface area contributed by atoms with E-state index in [2.05, 4.69) is 11.1 Å². The quantitative estimate of drug-likeness (QED) is 0.434. The van der Waals surface area contributed by atoms with Gasteiger partial charge in [-0.25, -0.2) is 0 Å². The molecule has 20 heavy (non-hydrogen) atoms. The Morgan fingerprint density at radius 1 is 1.45 bits per heavy atom. The van der Waals surface area contributed by atoms with Crippen LogP contribution in [0.4, 0.5) is 0 Å². The van der Waals surface area contributed by atoms with Gasteiger partial charge >= 0.3 is 0 Å². The maximum absolute atomic E-state index is 10.3. The molecule has 1 aromatic rings. The molecule has 0 saturated carbocycles. The van der Waals surface area contributed by atoms with Crippen LogP contribution in [-0.4, -0.2) is 31.4 Å². The molecule has 0 amide bonds. The van der Waals surface area contributed by atoms with Gasteiger partial charge in [0.25, 0.3) is 6.20 Å². The molecular formula is C13H21N3O3S. The molecule has 6 nitrogen and oxygen atoms in total. The average molecular weight is 299 g/mol. The highest BCUT2D eigenvalue weighted by Crippen LogP contribution is 2.09. The number of rotatable bonds is 8. The molecule has 0 atom stereocenters. The van der Waals surface area contributed by atoms with Crippen LogP contribution in [0.15, 0.2) is 41.6 Å². The molecule has 0 fully saturated rings. The largest absolute Gasteiger partial charge is 0.494 e. The smallest absolute Gasteiger partial charge is 0.263 e.